The van der Waals surface area contributed by atoms with Crippen LogP contribution in [0.25, 0.3) is 5.69 Å². The number of ether oxygens (including phenoxy) is 1. The average Bonchev–Trinajstić information content (AvgIpc) is 3.30. The Balaban J connectivity index is 1.86. The summed E-state index contributed by atoms with van der Waals surface area (Å²) < 4.78 is 6.30. The topological polar surface area (TPSA) is 101 Å². The van der Waals surface area contributed by atoms with Gasteiger partial charge in [0.1, 0.15) is 6.07 Å². The number of aromatic nitrogens is 1. The number of amides is 1. The molecule has 1 aliphatic heterocycles. The van der Waals surface area contributed by atoms with E-state index in [9.17, 15) is 9.59 Å². The zero-order chi connectivity index (χ0) is 18.7. The first-order valence-corrected chi connectivity index (χ1v) is 8.41. The Hall–Kier alpha value is -3.27. The molecule has 0 bridgehead atoms. The van der Waals surface area contributed by atoms with Crippen molar-refractivity contribution in [1.29, 1.82) is 5.26 Å². The highest BCUT2D eigenvalue weighted by Crippen LogP contribution is 2.25. The maximum absolute atomic E-state index is 12.2. The molecule has 3 rings (SSSR count). The van der Waals surface area contributed by atoms with Crippen LogP contribution < -0.4 is 5.73 Å². The molecule has 1 aromatic carbocycles. The minimum absolute atomic E-state index is 0.0904. The first kappa shape index (κ1) is 17.5. The van der Waals surface area contributed by atoms with Crippen LogP contribution in [0, 0.1) is 11.3 Å². The fourth-order valence-corrected chi connectivity index (χ4v) is 3.15. The van der Waals surface area contributed by atoms with E-state index < -0.39 is 5.97 Å². The van der Waals surface area contributed by atoms with Gasteiger partial charge in [-0.05, 0) is 30.5 Å². The van der Waals surface area contributed by atoms with Crippen LogP contribution >= 0.6 is 0 Å². The summed E-state index contributed by atoms with van der Waals surface area (Å²) in [5.41, 5.74) is 7.87. The summed E-state index contributed by atoms with van der Waals surface area (Å²) in [4.78, 5) is 26.2. The number of likely N-dealkylation sites (tertiary alicyclic amines) is 1. The molecule has 0 saturated carbocycles. The third kappa shape index (κ3) is 3.26. The van der Waals surface area contributed by atoms with Crippen molar-refractivity contribution in [1.82, 2.24) is 9.47 Å². The number of anilines is 1. The highest BCUT2D eigenvalue weighted by Gasteiger charge is 2.22. The van der Waals surface area contributed by atoms with Crippen LogP contribution in [-0.2, 0) is 16.0 Å². The number of methoxy groups -OCH3 is 1. The van der Waals surface area contributed by atoms with Gasteiger partial charge in [0.2, 0.25) is 5.91 Å². The van der Waals surface area contributed by atoms with Crippen LogP contribution in [0.1, 0.15) is 34.5 Å². The number of hydrogen-bond acceptors (Lipinski definition) is 5. The van der Waals surface area contributed by atoms with Crippen LogP contribution in [-0.4, -0.2) is 41.5 Å². The molecular weight excluding hydrogens is 332 g/mol. The minimum Gasteiger partial charge on any atom is -0.464 e. The molecule has 0 atom stereocenters. The quantitative estimate of drug-likeness (QED) is 0.847. The molecule has 1 amide bonds. The Bertz CT molecular complexity index is 871. The van der Waals surface area contributed by atoms with E-state index in [4.69, 9.17) is 15.7 Å². The SMILES string of the molecule is COC(=O)c1c(N)c(C#N)cn1-c1ccc(CC(=O)N2CCCC2)cc1. The lowest BCUT2D eigenvalue weighted by atomic mass is 10.1. The Morgan fingerprint density at radius 2 is 1.88 bits per heavy atom. The number of nitrogens with two attached hydrogens (primary N) is 1. The third-order valence-electron chi connectivity index (χ3n) is 4.57. The second-order valence-electron chi connectivity index (χ2n) is 6.21. The monoisotopic (exact) mass is 352 g/mol. The van der Waals surface area contributed by atoms with Crippen molar-refractivity contribution in [2.45, 2.75) is 19.3 Å². The summed E-state index contributed by atoms with van der Waals surface area (Å²) in [5.74, 6) is -0.486. The van der Waals surface area contributed by atoms with Gasteiger partial charge in [-0.3, -0.25) is 4.79 Å². The molecule has 2 aromatic rings. The molecule has 2 heterocycles. The van der Waals surface area contributed by atoms with E-state index in [-0.39, 0.29) is 22.9 Å². The second-order valence-corrected chi connectivity index (χ2v) is 6.21. The van der Waals surface area contributed by atoms with Crippen molar-refractivity contribution in [2.24, 2.45) is 0 Å². The van der Waals surface area contributed by atoms with Gasteiger partial charge in [-0.25, -0.2) is 4.79 Å². The zero-order valence-electron chi connectivity index (χ0n) is 14.6. The van der Waals surface area contributed by atoms with Crippen LogP contribution in [0.3, 0.4) is 0 Å². The Labute approximate surface area is 151 Å². The van der Waals surface area contributed by atoms with Gasteiger partial charge in [-0.15, -0.1) is 0 Å². The molecule has 7 heteroatoms. The van der Waals surface area contributed by atoms with E-state index in [0.717, 1.165) is 31.5 Å². The number of carbonyl (C=O) groups excluding carboxylic acids is 2. The largest absolute Gasteiger partial charge is 0.464 e. The number of esters is 1. The highest BCUT2D eigenvalue weighted by molar-refractivity contribution is 5.96. The molecule has 1 saturated heterocycles. The first-order valence-electron chi connectivity index (χ1n) is 8.41. The molecule has 0 radical (unpaired) electrons. The summed E-state index contributed by atoms with van der Waals surface area (Å²) in [6, 6.07) is 9.23. The van der Waals surface area contributed by atoms with E-state index in [1.54, 1.807) is 12.1 Å². The van der Waals surface area contributed by atoms with Gasteiger partial charge in [0.25, 0.3) is 0 Å². The molecule has 1 aromatic heterocycles. The molecule has 0 spiro atoms. The molecule has 134 valence electrons. The van der Waals surface area contributed by atoms with Crippen molar-refractivity contribution in [2.75, 3.05) is 25.9 Å². The summed E-state index contributed by atoms with van der Waals surface area (Å²) in [6.07, 6.45) is 3.99. The van der Waals surface area contributed by atoms with Gasteiger partial charge >= 0.3 is 5.97 Å². The van der Waals surface area contributed by atoms with E-state index in [2.05, 4.69) is 0 Å². The smallest absolute Gasteiger partial charge is 0.357 e. The summed E-state index contributed by atoms with van der Waals surface area (Å²) in [7, 11) is 1.26. The second kappa shape index (κ2) is 7.31. The fourth-order valence-electron chi connectivity index (χ4n) is 3.15. The van der Waals surface area contributed by atoms with Crippen molar-refractivity contribution in [3.8, 4) is 11.8 Å². The standard InChI is InChI=1S/C19H20N4O3/c1-26-19(25)18-17(21)14(11-20)12-23(18)15-6-4-13(5-7-15)10-16(24)22-8-2-3-9-22/h4-7,12H,2-3,8-10,21H2,1H3. The molecule has 2 N–H and O–H groups in total. The number of nitrogen functional groups attached to an aromatic ring is 1. The van der Waals surface area contributed by atoms with Crippen molar-refractivity contribution < 1.29 is 14.3 Å². The van der Waals surface area contributed by atoms with Crippen LogP contribution in [0.5, 0.6) is 0 Å². The van der Waals surface area contributed by atoms with Crippen molar-refractivity contribution in [3.05, 3.63) is 47.3 Å². The maximum Gasteiger partial charge on any atom is 0.357 e. The van der Waals surface area contributed by atoms with Crippen molar-refractivity contribution in [3.63, 3.8) is 0 Å². The number of nitriles is 1. The molecule has 1 aliphatic rings. The van der Waals surface area contributed by atoms with Gasteiger partial charge in [0, 0.05) is 25.0 Å². The molecule has 0 unspecified atom stereocenters. The summed E-state index contributed by atoms with van der Waals surface area (Å²) >= 11 is 0. The van der Waals surface area contributed by atoms with E-state index in [0.29, 0.717) is 12.1 Å². The number of hydrogen-bond donors (Lipinski definition) is 1. The highest BCUT2D eigenvalue weighted by atomic mass is 16.5. The summed E-state index contributed by atoms with van der Waals surface area (Å²) in [6.45, 7) is 1.66. The summed E-state index contributed by atoms with van der Waals surface area (Å²) in [5, 5.41) is 9.17. The molecule has 26 heavy (non-hydrogen) atoms. The maximum atomic E-state index is 12.2. The van der Waals surface area contributed by atoms with Crippen LogP contribution in [0.4, 0.5) is 5.69 Å². The van der Waals surface area contributed by atoms with Gasteiger partial charge in [-0.2, -0.15) is 5.26 Å². The van der Waals surface area contributed by atoms with Crippen molar-refractivity contribution >= 4 is 17.6 Å². The number of nitrogens with zero attached hydrogens (tertiary/aromatic N) is 3. The lowest BCUT2D eigenvalue weighted by molar-refractivity contribution is -0.129. The zero-order valence-corrected chi connectivity index (χ0v) is 14.6. The van der Waals surface area contributed by atoms with Crippen LogP contribution in [0.15, 0.2) is 30.5 Å². The normalized spacial score (nSPS) is 13.5. The predicted molar refractivity (Wildman–Crippen MR) is 95.8 cm³/mol. The number of benzene rings is 1. The number of rotatable bonds is 4. The lowest BCUT2D eigenvalue weighted by Gasteiger charge is -2.15. The molecular formula is C19H20N4O3. The predicted octanol–water partition coefficient (Wildman–Crippen LogP) is 1.88. The van der Waals surface area contributed by atoms with E-state index >= 15 is 0 Å². The van der Waals surface area contributed by atoms with Gasteiger partial charge in [0.05, 0.1) is 24.8 Å². The first-order chi connectivity index (χ1) is 12.5. The number of carbonyl (C=O) groups is 2. The lowest BCUT2D eigenvalue weighted by Crippen LogP contribution is -2.29. The Morgan fingerprint density at radius 3 is 2.46 bits per heavy atom. The fraction of sp³-hybridized carbons (Fsp3) is 0.316. The minimum atomic E-state index is -0.614. The van der Waals surface area contributed by atoms with Gasteiger partial charge in [0.15, 0.2) is 5.69 Å². The average molecular weight is 352 g/mol. The van der Waals surface area contributed by atoms with Gasteiger partial charge in [-0.1, -0.05) is 12.1 Å². The Kier molecular flexibility index (Phi) is 4.94. The Morgan fingerprint density at radius 1 is 1.23 bits per heavy atom. The third-order valence-corrected chi connectivity index (χ3v) is 4.57. The van der Waals surface area contributed by atoms with E-state index in [1.807, 2.05) is 23.1 Å². The molecule has 0 aliphatic carbocycles. The molecule has 7 nitrogen and oxygen atoms in total. The van der Waals surface area contributed by atoms with Crippen LogP contribution in [0.2, 0.25) is 0 Å². The molecule has 1 fully saturated rings. The van der Waals surface area contributed by atoms with E-state index in [1.165, 1.54) is 17.9 Å². The van der Waals surface area contributed by atoms with Gasteiger partial charge < -0.3 is 19.9 Å².